The van der Waals surface area contributed by atoms with E-state index >= 15 is 0 Å². The van der Waals surface area contributed by atoms with Gasteiger partial charge in [-0.15, -0.1) is 11.3 Å². The maximum atomic E-state index is 13.5. The highest BCUT2D eigenvalue weighted by Crippen LogP contribution is 2.28. The van der Waals surface area contributed by atoms with Gasteiger partial charge in [0.05, 0.1) is 23.4 Å². The standard InChI is InChI=1S/C21H16FNO3S/c22-16-3-6-20-19(10-16)21(24)15(7-8-25-20)9-14-1-4-18(5-2-14)26-11-17-12-27-13-23-17/h1-6,9-10,12-13H,7-8,11H2/b15-9-. The summed E-state index contributed by atoms with van der Waals surface area (Å²) in [7, 11) is 0. The highest BCUT2D eigenvalue weighted by Gasteiger charge is 2.21. The summed E-state index contributed by atoms with van der Waals surface area (Å²) in [4.78, 5) is 16.9. The predicted molar refractivity (Wildman–Crippen MR) is 102 cm³/mol. The molecule has 27 heavy (non-hydrogen) atoms. The van der Waals surface area contributed by atoms with Crippen LogP contribution in [0.4, 0.5) is 4.39 Å². The lowest BCUT2D eigenvalue weighted by atomic mass is 9.99. The summed E-state index contributed by atoms with van der Waals surface area (Å²) < 4.78 is 24.8. The van der Waals surface area contributed by atoms with Crippen LogP contribution in [0.25, 0.3) is 6.08 Å². The monoisotopic (exact) mass is 381 g/mol. The number of ketones is 1. The second-order valence-corrected chi connectivity index (χ2v) is 6.79. The minimum Gasteiger partial charge on any atom is -0.492 e. The molecule has 4 nitrogen and oxygen atoms in total. The first kappa shape index (κ1) is 17.4. The van der Waals surface area contributed by atoms with Gasteiger partial charge in [0.2, 0.25) is 0 Å². The predicted octanol–water partition coefficient (Wildman–Crippen LogP) is 4.91. The molecule has 4 rings (SSSR count). The molecule has 0 N–H and O–H groups in total. The fraction of sp³-hybridized carbons (Fsp3) is 0.143. The third-order valence-corrected chi connectivity index (χ3v) is 4.83. The van der Waals surface area contributed by atoms with E-state index in [4.69, 9.17) is 9.47 Å². The van der Waals surface area contributed by atoms with Crippen LogP contribution in [0.15, 0.2) is 58.9 Å². The van der Waals surface area contributed by atoms with Crippen LogP contribution in [-0.2, 0) is 6.61 Å². The van der Waals surface area contributed by atoms with Crippen molar-refractivity contribution in [2.24, 2.45) is 0 Å². The summed E-state index contributed by atoms with van der Waals surface area (Å²) in [5, 5.41) is 1.94. The van der Waals surface area contributed by atoms with E-state index in [1.165, 1.54) is 29.5 Å². The first-order valence-electron chi connectivity index (χ1n) is 8.46. The van der Waals surface area contributed by atoms with Crippen LogP contribution in [0.2, 0.25) is 0 Å². The van der Waals surface area contributed by atoms with E-state index in [9.17, 15) is 9.18 Å². The summed E-state index contributed by atoms with van der Waals surface area (Å²) >= 11 is 1.53. The molecule has 0 amide bonds. The number of fused-ring (bicyclic) bond motifs is 1. The molecule has 0 saturated carbocycles. The number of thiazole rings is 1. The molecule has 0 bridgehead atoms. The Morgan fingerprint density at radius 2 is 2.07 bits per heavy atom. The number of benzene rings is 2. The number of ether oxygens (including phenoxy) is 2. The molecule has 0 aliphatic carbocycles. The third kappa shape index (κ3) is 4.06. The highest BCUT2D eigenvalue weighted by molar-refractivity contribution is 7.07. The smallest absolute Gasteiger partial charge is 0.192 e. The number of hydrogen-bond acceptors (Lipinski definition) is 5. The van der Waals surface area contributed by atoms with Crippen LogP contribution >= 0.6 is 11.3 Å². The first-order chi connectivity index (χ1) is 13.2. The van der Waals surface area contributed by atoms with E-state index in [0.29, 0.717) is 31.0 Å². The van der Waals surface area contributed by atoms with Crippen LogP contribution < -0.4 is 9.47 Å². The Balaban J connectivity index is 1.51. The maximum Gasteiger partial charge on any atom is 0.192 e. The lowest BCUT2D eigenvalue weighted by Crippen LogP contribution is -2.02. The van der Waals surface area contributed by atoms with Crippen molar-refractivity contribution in [3.8, 4) is 11.5 Å². The molecule has 0 saturated heterocycles. The average Bonchev–Trinajstić information content (AvgIpc) is 3.16. The molecule has 0 spiro atoms. The Hall–Kier alpha value is -2.99. The number of rotatable bonds is 4. The van der Waals surface area contributed by atoms with Gasteiger partial charge in [0.1, 0.15) is 23.9 Å². The van der Waals surface area contributed by atoms with E-state index < -0.39 is 5.82 Å². The molecule has 1 aliphatic rings. The highest BCUT2D eigenvalue weighted by atomic mass is 32.1. The third-order valence-electron chi connectivity index (χ3n) is 4.20. The van der Waals surface area contributed by atoms with Crippen molar-refractivity contribution >= 4 is 23.2 Å². The lowest BCUT2D eigenvalue weighted by Gasteiger charge is -2.06. The van der Waals surface area contributed by atoms with Gasteiger partial charge < -0.3 is 9.47 Å². The molecule has 1 aromatic heterocycles. The van der Waals surface area contributed by atoms with Gasteiger partial charge in [-0.2, -0.15) is 0 Å². The van der Waals surface area contributed by atoms with Crippen molar-refractivity contribution in [1.29, 1.82) is 0 Å². The summed E-state index contributed by atoms with van der Waals surface area (Å²) in [5.41, 5.74) is 4.39. The molecular weight excluding hydrogens is 365 g/mol. The summed E-state index contributed by atoms with van der Waals surface area (Å²) in [6.07, 6.45) is 2.28. The number of carbonyl (C=O) groups excluding carboxylic acids is 1. The molecule has 2 aromatic carbocycles. The van der Waals surface area contributed by atoms with Gasteiger partial charge in [-0.3, -0.25) is 4.79 Å². The quantitative estimate of drug-likeness (QED) is 0.603. The van der Waals surface area contributed by atoms with Crippen molar-refractivity contribution in [3.63, 3.8) is 0 Å². The first-order valence-corrected chi connectivity index (χ1v) is 9.41. The number of aromatic nitrogens is 1. The molecule has 0 fully saturated rings. The number of Topliss-reactive ketones (excluding diaryl/α,β-unsaturated/α-hetero) is 1. The average molecular weight is 381 g/mol. The van der Waals surface area contributed by atoms with Gasteiger partial charge in [-0.05, 0) is 42.0 Å². The molecule has 6 heteroatoms. The molecule has 0 radical (unpaired) electrons. The Bertz CT molecular complexity index is 981. The van der Waals surface area contributed by atoms with Crippen molar-refractivity contribution in [1.82, 2.24) is 4.98 Å². The zero-order valence-corrected chi connectivity index (χ0v) is 15.2. The number of halogens is 1. The van der Waals surface area contributed by atoms with Gasteiger partial charge in [0.25, 0.3) is 0 Å². The normalized spacial score (nSPS) is 15.1. The van der Waals surface area contributed by atoms with E-state index in [0.717, 1.165) is 17.0 Å². The van der Waals surface area contributed by atoms with E-state index in [1.807, 2.05) is 35.7 Å². The second kappa shape index (κ2) is 7.72. The Morgan fingerprint density at radius 3 is 2.85 bits per heavy atom. The minimum atomic E-state index is -0.450. The minimum absolute atomic E-state index is 0.203. The van der Waals surface area contributed by atoms with E-state index in [2.05, 4.69) is 4.98 Å². The SMILES string of the molecule is O=C1/C(=C\c2ccc(OCc3cscn3)cc2)CCOc2ccc(F)cc21. The van der Waals surface area contributed by atoms with Gasteiger partial charge in [-0.1, -0.05) is 12.1 Å². The topological polar surface area (TPSA) is 48.4 Å². The zero-order valence-electron chi connectivity index (χ0n) is 14.4. The summed E-state index contributed by atoms with van der Waals surface area (Å²) in [5.74, 6) is 0.503. The fourth-order valence-electron chi connectivity index (χ4n) is 2.83. The molecule has 0 atom stereocenters. The van der Waals surface area contributed by atoms with E-state index in [1.54, 1.807) is 5.51 Å². The molecule has 0 unspecified atom stereocenters. The van der Waals surface area contributed by atoms with Crippen molar-refractivity contribution in [2.75, 3.05) is 6.61 Å². The number of nitrogens with zero attached hydrogens (tertiary/aromatic N) is 1. The zero-order chi connectivity index (χ0) is 18.6. The number of hydrogen-bond donors (Lipinski definition) is 0. The van der Waals surface area contributed by atoms with Crippen molar-refractivity contribution in [3.05, 3.63) is 81.6 Å². The molecule has 3 aromatic rings. The Labute approximate surface area is 159 Å². The van der Waals surface area contributed by atoms with Crippen LogP contribution in [0, 0.1) is 5.82 Å². The van der Waals surface area contributed by atoms with E-state index in [-0.39, 0.29) is 11.3 Å². The maximum absolute atomic E-state index is 13.5. The Morgan fingerprint density at radius 1 is 1.22 bits per heavy atom. The van der Waals surface area contributed by atoms with Crippen LogP contribution in [0.3, 0.4) is 0 Å². The molecule has 2 heterocycles. The van der Waals surface area contributed by atoms with Crippen LogP contribution in [0.5, 0.6) is 11.5 Å². The molecular formula is C21H16FNO3S. The van der Waals surface area contributed by atoms with Crippen molar-refractivity contribution in [2.45, 2.75) is 13.0 Å². The van der Waals surface area contributed by atoms with Gasteiger partial charge in [0, 0.05) is 17.4 Å². The molecule has 1 aliphatic heterocycles. The Kier molecular flexibility index (Phi) is 4.98. The number of carbonyl (C=O) groups is 1. The second-order valence-electron chi connectivity index (χ2n) is 6.08. The van der Waals surface area contributed by atoms with Gasteiger partial charge >= 0.3 is 0 Å². The van der Waals surface area contributed by atoms with Crippen LogP contribution in [0.1, 0.15) is 28.0 Å². The largest absolute Gasteiger partial charge is 0.492 e. The van der Waals surface area contributed by atoms with Crippen molar-refractivity contribution < 1.29 is 18.7 Å². The van der Waals surface area contributed by atoms with Gasteiger partial charge in [-0.25, -0.2) is 9.37 Å². The summed E-state index contributed by atoms with van der Waals surface area (Å²) in [6.45, 7) is 0.799. The van der Waals surface area contributed by atoms with Gasteiger partial charge in [0.15, 0.2) is 5.78 Å². The summed E-state index contributed by atoms with van der Waals surface area (Å²) in [6, 6.07) is 11.5. The fourth-order valence-corrected chi connectivity index (χ4v) is 3.37. The lowest BCUT2D eigenvalue weighted by molar-refractivity contribution is 0.103. The molecule has 136 valence electrons. The van der Waals surface area contributed by atoms with Crippen LogP contribution in [-0.4, -0.2) is 17.4 Å².